The van der Waals surface area contributed by atoms with Gasteiger partial charge in [0.2, 0.25) is 0 Å². The molecule has 0 aliphatic carbocycles. The molecule has 0 spiro atoms. The van der Waals surface area contributed by atoms with Crippen LogP contribution in [-0.4, -0.2) is 40.1 Å². The van der Waals surface area contributed by atoms with Gasteiger partial charge in [-0.3, -0.25) is 4.79 Å². The van der Waals surface area contributed by atoms with Crippen molar-refractivity contribution in [2.75, 3.05) is 13.2 Å². The van der Waals surface area contributed by atoms with Gasteiger partial charge in [-0.25, -0.2) is 0 Å². The van der Waals surface area contributed by atoms with Crippen molar-refractivity contribution < 1.29 is 9.90 Å². The Morgan fingerprint density at radius 1 is 1.35 bits per heavy atom. The van der Waals surface area contributed by atoms with Crippen LogP contribution in [0.3, 0.4) is 0 Å². The molecule has 0 radical (unpaired) electrons. The molecule has 0 aliphatic rings. The van der Waals surface area contributed by atoms with Crippen LogP contribution in [0, 0.1) is 6.92 Å². The quantitative estimate of drug-likeness (QED) is 0.880. The molecule has 4 nitrogen and oxygen atoms in total. The molecular formula is C16H22N2O2. The number of aliphatic hydroxyl groups is 1. The topological polar surface area (TPSA) is 56.3 Å². The summed E-state index contributed by atoms with van der Waals surface area (Å²) in [4.78, 5) is 17.9. The number of amides is 1. The van der Waals surface area contributed by atoms with E-state index in [9.17, 15) is 4.79 Å². The molecule has 20 heavy (non-hydrogen) atoms. The van der Waals surface area contributed by atoms with Crippen molar-refractivity contribution in [1.82, 2.24) is 9.88 Å². The Morgan fingerprint density at radius 3 is 2.70 bits per heavy atom. The van der Waals surface area contributed by atoms with Gasteiger partial charge in [0.25, 0.3) is 5.91 Å². The van der Waals surface area contributed by atoms with Crippen LogP contribution >= 0.6 is 0 Å². The minimum atomic E-state index is 0.0309. The van der Waals surface area contributed by atoms with Gasteiger partial charge in [-0.2, -0.15) is 0 Å². The van der Waals surface area contributed by atoms with Crippen molar-refractivity contribution >= 4 is 16.8 Å². The molecule has 108 valence electrons. The highest BCUT2D eigenvalue weighted by Crippen LogP contribution is 2.24. The largest absolute Gasteiger partial charge is 0.396 e. The Morgan fingerprint density at radius 2 is 2.05 bits per heavy atom. The Kier molecular flexibility index (Phi) is 4.45. The van der Waals surface area contributed by atoms with E-state index in [4.69, 9.17) is 5.11 Å². The summed E-state index contributed by atoms with van der Waals surface area (Å²) in [5.41, 5.74) is 2.62. The number of hydrogen-bond donors (Lipinski definition) is 2. The number of para-hydroxylation sites is 1. The second-order valence-electron chi connectivity index (χ2n) is 5.34. The number of aryl methyl sites for hydroxylation is 1. The molecule has 1 heterocycles. The first-order chi connectivity index (χ1) is 9.56. The number of carbonyl (C=O) groups excluding carboxylic acids is 1. The fourth-order valence-electron chi connectivity index (χ4n) is 2.53. The maximum atomic E-state index is 12.8. The molecule has 2 aromatic rings. The van der Waals surface area contributed by atoms with E-state index >= 15 is 0 Å². The van der Waals surface area contributed by atoms with Gasteiger partial charge in [-0.15, -0.1) is 0 Å². The van der Waals surface area contributed by atoms with Crippen LogP contribution in [0.2, 0.25) is 0 Å². The molecule has 0 saturated heterocycles. The number of hydrogen-bond acceptors (Lipinski definition) is 2. The molecule has 0 aliphatic heterocycles. The van der Waals surface area contributed by atoms with Gasteiger partial charge in [-0.1, -0.05) is 18.2 Å². The number of aromatic amines is 1. The van der Waals surface area contributed by atoms with Crippen molar-refractivity contribution in [2.45, 2.75) is 33.2 Å². The van der Waals surface area contributed by atoms with Crippen LogP contribution in [0.25, 0.3) is 10.9 Å². The predicted molar refractivity (Wildman–Crippen MR) is 80.9 cm³/mol. The molecule has 4 heteroatoms. The zero-order valence-corrected chi connectivity index (χ0v) is 12.3. The van der Waals surface area contributed by atoms with E-state index in [1.54, 1.807) is 0 Å². The summed E-state index contributed by atoms with van der Waals surface area (Å²) in [6.45, 7) is 6.60. The minimum absolute atomic E-state index is 0.0309. The molecule has 1 aromatic heterocycles. The van der Waals surface area contributed by atoms with Crippen LogP contribution in [0.15, 0.2) is 24.3 Å². The number of aromatic nitrogens is 1. The van der Waals surface area contributed by atoms with Gasteiger partial charge in [0.05, 0.1) is 5.56 Å². The van der Waals surface area contributed by atoms with E-state index in [0.717, 1.165) is 22.2 Å². The lowest BCUT2D eigenvalue weighted by Crippen LogP contribution is -2.38. The van der Waals surface area contributed by atoms with E-state index < -0.39 is 0 Å². The lowest BCUT2D eigenvalue weighted by molar-refractivity contribution is 0.0694. The molecule has 1 aromatic carbocycles. The summed E-state index contributed by atoms with van der Waals surface area (Å²) in [7, 11) is 0. The molecule has 0 atom stereocenters. The number of aliphatic hydroxyl groups excluding tert-OH is 1. The summed E-state index contributed by atoms with van der Waals surface area (Å²) in [5.74, 6) is 0.0309. The monoisotopic (exact) mass is 274 g/mol. The molecule has 2 N–H and O–H groups in total. The third-order valence-electron chi connectivity index (χ3n) is 3.55. The Balaban J connectivity index is 2.40. The van der Waals surface area contributed by atoms with Gasteiger partial charge in [-0.05, 0) is 33.3 Å². The van der Waals surface area contributed by atoms with Gasteiger partial charge in [0.1, 0.15) is 0 Å². The van der Waals surface area contributed by atoms with Crippen molar-refractivity contribution in [3.05, 3.63) is 35.5 Å². The van der Waals surface area contributed by atoms with Crippen molar-refractivity contribution in [3.63, 3.8) is 0 Å². The molecular weight excluding hydrogens is 252 g/mol. The first kappa shape index (κ1) is 14.6. The second kappa shape index (κ2) is 6.09. The first-order valence-corrected chi connectivity index (χ1v) is 7.05. The molecule has 0 saturated carbocycles. The zero-order valence-electron chi connectivity index (χ0n) is 12.3. The Hall–Kier alpha value is -1.81. The number of benzene rings is 1. The van der Waals surface area contributed by atoms with Crippen molar-refractivity contribution in [1.29, 1.82) is 0 Å². The van der Waals surface area contributed by atoms with Crippen LogP contribution in [0.5, 0.6) is 0 Å². The third-order valence-corrected chi connectivity index (χ3v) is 3.55. The maximum absolute atomic E-state index is 12.8. The highest BCUT2D eigenvalue weighted by atomic mass is 16.3. The number of fused-ring (bicyclic) bond motifs is 1. The van der Waals surface area contributed by atoms with Crippen LogP contribution < -0.4 is 0 Å². The zero-order chi connectivity index (χ0) is 14.7. The van der Waals surface area contributed by atoms with E-state index in [1.807, 2.05) is 49.9 Å². The lowest BCUT2D eigenvalue weighted by Gasteiger charge is -2.26. The fraction of sp³-hybridized carbons (Fsp3) is 0.438. The van der Waals surface area contributed by atoms with Crippen LogP contribution in [0.1, 0.15) is 36.3 Å². The molecule has 1 amide bonds. The van der Waals surface area contributed by atoms with E-state index in [-0.39, 0.29) is 18.6 Å². The lowest BCUT2D eigenvalue weighted by atomic mass is 10.1. The number of carbonyl (C=O) groups is 1. The average molecular weight is 274 g/mol. The SMILES string of the molecule is Cc1[nH]c2ccccc2c1C(=O)N(CCCO)C(C)C. The molecule has 0 bridgehead atoms. The molecule has 0 unspecified atom stereocenters. The van der Waals surface area contributed by atoms with Gasteiger partial charge < -0.3 is 15.0 Å². The Labute approximate surface area is 119 Å². The van der Waals surface area contributed by atoms with E-state index in [2.05, 4.69) is 4.98 Å². The predicted octanol–water partition coefficient (Wildman–Crippen LogP) is 2.71. The van der Waals surface area contributed by atoms with Crippen molar-refractivity contribution in [2.24, 2.45) is 0 Å². The molecule has 0 fully saturated rings. The summed E-state index contributed by atoms with van der Waals surface area (Å²) in [5, 5.41) is 9.95. The fourth-order valence-corrected chi connectivity index (χ4v) is 2.53. The van der Waals surface area contributed by atoms with Gasteiger partial charge >= 0.3 is 0 Å². The van der Waals surface area contributed by atoms with Crippen LogP contribution in [-0.2, 0) is 0 Å². The number of H-pyrrole nitrogens is 1. The smallest absolute Gasteiger partial charge is 0.256 e. The molecule has 2 rings (SSSR count). The van der Waals surface area contributed by atoms with Gasteiger partial charge in [0.15, 0.2) is 0 Å². The van der Waals surface area contributed by atoms with Crippen molar-refractivity contribution in [3.8, 4) is 0 Å². The average Bonchev–Trinajstić information content (AvgIpc) is 2.74. The summed E-state index contributed by atoms with van der Waals surface area (Å²) in [6, 6.07) is 7.96. The summed E-state index contributed by atoms with van der Waals surface area (Å²) in [6.07, 6.45) is 0.603. The number of rotatable bonds is 5. The second-order valence-corrected chi connectivity index (χ2v) is 5.34. The first-order valence-electron chi connectivity index (χ1n) is 7.05. The number of nitrogens with one attached hydrogen (secondary N) is 1. The third kappa shape index (κ3) is 2.70. The summed E-state index contributed by atoms with van der Waals surface area (Å²) < 4.78 is 0. The van der Waals surface area contributed by atoms with Gasteiger partial charge in [0, 0.05) is 35.8 Å². The number of nitrogens with zero attached hydrogens (tertiary/aromatic N) is 1. The maximum Gasteiger partial charge on any atom is 0.256 e. The highest BCUT2D eigenvalue weighted by molar-refractivity contribution is 6.08. The van der Waals surface area contributed by atoms with Crippen LogP contribution in [0.4, 0.5) is 0 Å². The minimum Gasteiger partial charge on any atom is -0.396 e. The van der Waals surface area contributed by atoms with E-state index in [1.165, 1.54) is 0 Å². The summed E-state index contributed by atoms with van der Waals surface area (Å²) >= 11 is 0. The van der Waals surface area contributed by atoms with E-state index in [0.29, 0.717) is 13.0 Å². The highest BCUT2D eigenvalue weighted by Gasteiger charge is 2.23. The normalized spacial score (nSPS) is 11.2. The Bertz CT molecular complexity index is 602. The standard InChI is InChI=1S/C16H22N2O2/c1-11(2)18(9-6-10-19)16(20)15-12(3)17-14-8-5-4-7-13(14)15/h4-5,7-8,11,17,19H,6,9-10H2,1-3H3.